The van der Waals surface area contributed by atoms with Crippen LogP contribution >= 0.6 is 0 Å². The fourth-order valence-electron chi connectivity index (χ4n) is 1.91. The number of carboxylic acids is 1. The number of pyridine rings is 1. The molecule has 3 N–H and O–H groups in total. The van der Waals surface area contributed by atoms with Crippen LogP contribution in [0.25, 0.3) is 0 Å². The van der Waals surface area contributed by atoms with Crippen molar-refractivity contribution in [3.05, 3.63) is 22.9 Å². The number of hydrogen-bond donors (Lipinski definition) is 3. The Kier molecular flexibility index (Phi) is 5.09. The molecule has 1 aromatic rings. The number of carbonyl (C=O) groups is 1. The predicted molar refractivity (Wildman–Crippen MR) is 70.1 cm³/mol. The van der Waals surface area contributed by atoms with Crippen molar-refractivity contribution in [3.8, 4) is 0 Å². The van der Waals surface area contributed by atoms with Crippen molar-refractivity contribution >= 4 is 11.8 Å². The van der Waals surface area contributed by atoms with Crippen LogP contribution in [0.3, 0.4) is 0 Å². The Labute approximate surface area is 107 Å². The van der Waals surface area contributed by atoms with Crippen molar-refractivity contribution in [2.75, 3.05) is 11.9 Å². The Balaban J connectivity index is 2.96. The normalized spacial score (nSPS) is 12.2. The molecule has 0 bridgehead atoms. The zero-order valence-electron chi connectivity index (χ0n) is 11.0. The third-order valence-electron chi connectivity index (χ3n) is 2.74. The predicted octanol–water partition coefficient (Wildman–Crippen LogP) is 1.97. The molecule has 0 aliphatic rings. The van der Waals surface area contributed by atoms with Crippen LogP contribution in [0.5, 0.6) is 0 Å². The van der Waals surface area contributed by atoms with E-state index in [1.165, 1.54) is 0 Å². The molecule has 0 aliphatic carbocycles. The molecule has 0 saturated carbocycles. The molecular weight excluding hydrogens is 232 g/mol. The summed E-state index contributed by atoms with van der Waals surface area (Å²) in [7, 11) is 0. The van der Waals surface area contributed by atoms with Gasteiger partial charge in [-0.05, 0) is 45.2 Å². The maximum atomic E-state index is 11.2. The SMILES string of the molecule is Cc1cc(C)c(C(=O)O)c(NC(C)CCCO)n1. The van der Waals surface area contributed by atoms with Crippen LogP contribution in [0.2, 0.25) is 0 Å². The number of nitrogens with one attached hydrogen (secondary N) is 1. The first-order chi connectivity index (χ1) is 8.45. The van der Waals surface area contributed by atoms with Crippen LogP contribution in [0.4, 0.5) is 5.82 Å². The van der Waals surface area contributed by atoms with Crippen molar-refractivity contribution in [2.45, 2.75) is 39.7 Å². The fraction of sp³-hybridized carbons (Fsp3) is 0.538. The van der Waals surface area contributed by atoms with Crippen molar-refractivity contribution < 1.29 is 15.0 Å². The molecule has 1 rings (SSSR count). The van der Waals surface area contributed by atoms with Gasteiger partial charge in [-0.1, -0.05) is 0 Å². The third-order valence-corrected chi connectivity index (χ3v) is 2.74. The molecule has 0 aliphatic heterocycles. The first kappa shape index (κ1) is 14.4. The van der Waals surface area contributed by atoms with Gasteiger partial charge in [0.2, 0.25) is 0 Å². The van der Waals surface area contributed by atoms with E-state index in [1.807, 2.05) is 13.8 Å². The van der Waals surface area contributed by atoms with E-state index in [0.29, 0.717) is 17.8 Å². The zero-order chi connectivity index (χ0) is 13.7. The number of aliphatic hydroxyl groups is 1. The number of anilines is 1. The van der Waals surface area contributed by atoms with Crippen molar-refractivity contribution in [1.29, 1.82) is 0 Å². The number of aromatic carboxylic acids is 1. The van der Waals surface area contributed by atoms with Gasteiger partial charge in [-0.15, -0.1) is 0 Å². The van der Waals surface area contributed by atoms with Gasteiger partial charge in [-0.25, -0.2) is 9.78 Å². The topological polar surface area (TPSA) is 82.5 Å². The van der Waals surface area contributed by atoms with Crippen LogP contribution in [0, 0.1) is 13.8 Å². The Morgan fingerprint density at radius 3 is 2.72 bits per heavy atom. The smallest absolute Gasteiger partial charge is 0.339 e. The highest BCUT2D eigenvalue weighted by molar-refractivity contribution is 5.94. The van der Waals surface area contributed by atoms with Gasteiger partial charge in [0, 0.05) is 18.3 Å². The summed E-state index contributed by atoms with van der Waals surface area (Å²) in [5.41, 5.74) is 1.71. The summed E-state index contributed by atoms with van der Waals surface area (Å²) in [6.07, 6.45) is 1.45. The number of aromatic nitrogens is 1. The fourth-order valence-corrected chi connectivity index (χ4v) is 1.91. The lowest BCUT2D eigenvalue weighted by molar-refractivity contribution is 0.0696. The number of hydrogen-bond acceptors (Lipinski definition) is 4. The van der Waals surface area contributed by atoms with Crippen LogP contribution < -0.4 is 5.32 Å². The highest BCUT2D eigenvalue weighted by atomic mass is 16.4. The lowest BCUT2D eigenvalue weighted by atomic mass is 10.1. The Morgan fingerprint density at radius 2 is 2.17 bits per heavy atom. The van der Waals surface area contributed by atoms with Crippen LogP contribution in [0.1, 0.15) is 41.4 Å². The molecule has 0 amide bonds. The molecular formula is C13H20N2O3. The van der Waals surface area contributed by atoms with Gasteiger partial charge in [0.1, 0.15) is 11.4 Å². The minimum atomic E-state index is -0.975. The summed E-state index contributed by atoms with van der Waals surface area (Å²) in [4.78, 5) is 15.5. The number of rotatable bonds is 6. The molecule has 100 valence electrons. The maximum absolute atomic E-state index is 11.2. The summed E-state index contributed by atoms with van der Waals surface area (Å²) >= 11 is 0. The van der Waals surface area contributed by atoms with Gasteiger partial charge < -0.3 is 15.5 Å². The molecule has 18 heavy (non-hydrogen) atoms. The largest absolute Gasteiger partial charge is 0.478 e. The molecule has 5 heteroatoms. The minimum absolute atomic E-state index is 0.0731. The van der Waals surface area contributed by atoms with Crippen LogP contribution in [0.15, 0.2) is 6.07 Å². The highest BCUT2D eigenvalue weighted by Gasteiger charge is 2.16. The number of nitrogens with zero attached hydrogens (tertiary/aromatic N) is 1. The van der Waals surface area contributed by atoms with E-state index in [0.717, 1.165) is 12.1 Å². The number of carboxylic acid groups (broad SMARTS) is 1. The van der Waals surface area contributed by atoms with Crippen LogP contribution in [-0.4, -0.2) is 33.8 Å². The van der Waals surface area contributed by atoms with E-state index in [9.17, 15) is 9.90 Å². The molecule has 1 unspecified atom stereocenters. The van der Waals surface area contributed by atoms with Gasteiger partial charge in [-0.3, -0.25) is 0 Å². The van der Waals surface area contributed by atoms with E-state index < -0.39 is 5.97 Å². The summed E-state index contributed by atoms with van der Waals surface area (Å²) in [5, 5.41) is 21.1. The molecule has 0 saturated heterocycles. The lowest BCUT2D eigenvalue weighted by Crippen LogP contribution is -2.20. The van der Waals surface area contributed by atoms with E-state index in [1.54, 1.807) is 13.0 Å². The number of aliphatic hydroxyl groups excluding tert-OH is 1. The molecule has 0 spiro atoms. The van der Waals surface area contributed by atoms with Crippen molar-refractivity contribution in [3.63, 3.8) is 0 Å². The average Bonchev–Trinajstić information content (AvgIpc) is 2.24. The summed E-state index contributed by atoms with van der Waals surface area (Å²) in [6.45, 7) is 5.68. The second-order valence-electron chi connectivity index (χ2n) is 4.52. The molecule has 0 fully saturated rings. The summed E-state index contributed by atoms with van der Waals surface area (Å²) in [5.74, 6) is -0.567. The lowest BCUT2D eigenvalue weighted by Gasteiger charge is -2.17. The first-order valence-corrected chi connectivity index (χ1v) is 6.04. The molecule has 0 aromatic carbocycles. The molecule has 1 atom stereocenters. The third kappa shape index (κ3) is 3.70. The van der Waals surface area contributed by atoms with Crippen LogP contribution in [-0.2, 0) is 0 Å². The standard InChI is InChI=1S/C13H20N2O3/c1-8-7-10(3)15-12(11(8)13(17)18)14-9(2)5-4-6-16/h7,9,16H,4-6H2,1-3H3,(H,14,15)(H,17,18). The van der Waals surface area contributed by atoms with Crippen molar-refractivity contribution in [2.24, 2.45) is 0 Å². The Morgan fingerprint density at radius 1 is 1.50 bits per heavy atom. The summed E-state index contributed by atoms with van der Waals surface area (Å²) in [6, 6.07) is 1.83. The van der Waals surface area contributed by atoms with Gasteiger partial charge in [0.05, 0.1) is 0 Å². The van der Waals surface area contributed by atoms with E-state index in [-0.39, 0.29) is 18.2 Å². The quantitative estimate of drug-likeness (QED) is 0.721. The molecule has 1 aromatic heterocycles. The van der Waals surface area contributed by atoms with E-state index >= 15 is 0 Å². The summed E-state index contributed by atoms with van der Waals surface area (Å²) < 4.78 is 0. The number of aryl methyl sites for hydroxylation is 2. The van der Waals surface area contributed by atoms with Gasteiger partial charge in [0.25, 0.3) is 0 Å². The molecule has 1 heterocycles. The van der Waals surface area contributed by atoms with Gasteiger partial charge >= 0.3 is 5.97 Å². The molecule has 5 nitrogen and oxygen atoms in total. The Hall–Kier alpha value is -1.62. The van der Waals surface area contributed by atoms with E-state index in [4.69, 9.17) is 5.11 Å². The zero-order valence-corrected chi connectivity index (χ0v) is 11.0. The average molecular weight is 252 g/mol. The Bertz CT molecular complexity index is 432. The first-order valence-electron chi connectivity index (χ1n) is 6.04. The molecule has 0 radical (unpaired) electrons. The van der Waals surface area contributed by atoms with E-state index in [2.05, 4.69) is 10.3 Å². The second kappa shape index (κ2) is 6.35. The maximum Gasteiger partial charge on any atom is 0.339 e. The minimum Gasteiger partial charge on any atom is -0.478 e. The van der Waals surface area contributed by atoms with Gasteiger partial charge in [0.15, 0.2) is 0 Å². The monoisotopic (exact) mass is 252 g/mol. The second-order valence-corrected chi connectivity index (χ2v) is 4.52. The van der Waals surface area contributed by atoms with Gasteiger partial charge in [-0.2, -0.15) is 0 Å². The highest BCUT2D eigenvalue weighted by Crippen LogP contribution is 2.20. The van der Waals surface area contributed by atoms with Crippen molar-refractivity contribution in [1.82, 2.24) is 4.98 Å².